The van der Waals surface area contributed by atoms with E-state index in [4.69, 9.17) is 4.74 Å². The Morgan fingerprint density at radius 2 is 2.22 bits per heavy atom. The standard InChI is InChI=1S/C13H19NO3S/c1-3-10-8-11(4-5-13(10)17-2)12-9-18(15,16)7-6-14-12/h4-5,8,12,14H,3,6-7,9H2,1-2H3. The zero-order valence-corrected chi connectivity index (χ0v) is 11.6. The molecule has 4 nitrogen and oxygen atoms in total. The zero-order chi connectivity index (χ0) is 13.2. The van der Waals surface area contributed by atoms with Crippen molar-refractivity contribution in [2.45, 2.75) is 19.4 Å². The number of hydrogen-bond donors (Lipinski definition) is 1. The van der Waals surface area contributed by atoms with Gasteiger partial charge in [0.2, 0.25) is 0 Å². The molecule has 5 heteroatoms. The second kappa shape index (κ2) is 5.28. The second-order valence-electron chi connectivity index (χ2n) is 4.55. The summed E-state index contributed by atoms with van der Waals surface area (Å²) in [6.45, 7) is 2.59. The maximum Gasteiger partial charge on any atom is 0.153 e. The van der Waals surface area contributed by atoms with Crippen LogP contribution < -0.4 is 10.1 Å². The molecule has 0 aliphatic carbocycles. The average Bonchev–Trinajstić information content (AvgIpc) is 2.36. The van der Waals surface area contributed by atoms with E-state index in [2.05, 4.69) is 12.2 Å². The van der Waals surface area contributed by atoms with Crippen molar-refractivity contribution in [3.63, 3.8) is 0 Å². The van der Waals surface area contributed by atoms with E-state index in [1.165, 1.54) is 0 Å². The van der Waals surface area contributed by atoms with E-state index in [1.54, 1.807) is 7.11 Å². The first-order valence-electron chi connectivity index (χ1n) is 6.16. The number of benzene rings is 1. The molecule has 1 heterocycles. The van der Waals surface area contributed by atoms with Crippen LogP contribution in [0.25, 0.3) is 0 Å². The third kappa shape index (κ3) is 2.84. The van der Waals surface area contributed by atoms with Crippen molar-refractivity contribution < 1.29 is 13.2 Å². The van der Waals surface area contributed by atoms with Gasteiger partial charge in [-0.15, -0.1) is 0 Å². The maximum atomic E-state index is 11.6. The number of methoxy groups -OCH3 is 1. The topological polar surface area (TPSA) is 55.4 Å². The summed E-state index contributed by atoms with van der Waals surface area (Å²) < 4.78 is 28.6. The molecule has 18 heavy (non-hydrogen) atoms. The number of hydrogen-bond acceptors (Lipinski definition) is 4. The molecule has 1 aliphatic heterocycles. The first kappa shape index (κ1) is 13.4. The highest BCUT2D eigenvalue weighted by atomic mass is 32.2. The normalized spacial score (nSPS) is 22.7. The predicted octanol–water partition coefficient (Wildman–Crippen LogP) is 1.32. The monoisotopic (exact) mass is 269 g/mol. The Hall–Kier alpha value is -1.07. The molecule has 1 saturated heterocycles. The van der Waals surface area contributed by atoms with E-state index < -0.39 is 9.84 Å². The molecule has 1 N–H and O–H groups in total. The Labute approximate surface area is 108 Å². The molecule has 0 saturated carbocycles. The van der Waals surface area contributed by atoms with E-state index in [0.717, 1.165) is 23.3 Å². The van der Waals surface area contributed by atoms with Gasteiger partial charge in [0.05, 0.1) is 18.6 Å². The lowest BCUT2D eigenvalue weighted by Crippen LogP contribution is -2.39. The van der Waals surface area contributed by atoms with Crippen molar-refractivity contribution in [3.05, 3.63) is 29.3 Å². The number of ether oxygens (including phenoxy) is 1. The van der Waals surface area contributed by atoms with Gasteiger partial charge in [-0.3, -0.25) is 0 Å². The Kier molecular flexibility index (Phi) is 3.92. The van der Waals surface area contributed by atoms with Crippen LogP contribution in [0, 0.1) is 0 Å². The van der Waals surface area contributed by atoms with Crippen LogP contribution in [0.4, 0.5) is 0 Å². The van der Waals surface area contributed by atoms with Crippen LogP contribution in [-0.2, 0) is 16.3 Å². The highest BCUT2D eigenvalue weighted by molar-refractivity contribution is 7.91. The van der Waals surface area contributed by atoms with Crippen LogP contribution in [0.2, 0.25) is 0 Å². The molecule has 1 aromatic rings. The third-order valence-corrected chi connectivity index (χ3v) is 4.98. The molecule has 0 amide bonds. The van der Waals surface area contributed by atoms with Gasteiger partial charge in [-0.2, -0.15) is 0 Å². The number of rotatable bonds is 3. The third-order valence-electron chi connectivity index (χ3n) is 3.31. The molecule has 0 aromatic heterocycles. The second-order valence-corrected chi connectivity index (χ2v) is 6.77. The van der Waals surface area contributed by atoms with E-state index in [9.17, 15) is 8.42 Å². The lowest BCUT2D eigenvalue weighted by atomic mass is 10.0. The number of aryl methyl sites for hydroxylation is 1. The lowest BCUT2D eigenvalue weighted by molar-refractivity contribution is 0.409. The van der Waals surface area contributed by atoms with E-state index in [-0.39, 0.29) is 17.5 Å². The van der Waals surface area contributed by atoms with E-state index in [1.807, 2.05) is 18.2 Å². The fraction of sp³-hybridized carbons (Fsp3) is 0.538. The molecule has 1 aliphatic rings. The molecule has 1 atom stereocenters. The molecule has 2 rings (SSSR count). The summed E-state index contributed by atoms with van der Waals surface area (Å²) in [7, 11) is -1.26. The smallest absolute Gasteiger partial charge is 0.153 e. The summed E-state index contributed by atoms with van der Waals surface area (Å²) >= 11 is 0. The van der Waals surface area contributed by atoms with Gasteiger partial charge in [-0.25, -0.2) is 8.42 Å². The van der Waals surface area contributed by atoms with Gasteiger partial charge in [0.25, 0.3) is 0 Å². The summed E-state index contributed by atoms with van der Waals surface area (Å²) in [6.07, 6.45) is 0.872. The molecule has 0 spiro atoms. The van der Waals surface area contributed by atoms with Gasteiger partial charge in [0.15, 0.2) is 9.84 Å². The molecule has 100 valence electrons. The SMILES string of the molecule is CCc1cc(C2CS(=O)(=O)CCN2)ccc1OC. The molecule has 1 unspecified atom stereocenters. The van der Waals surface area contributed by atoms with Crippen LogP contribution in [0.15, 0.2) is 18.2 Å². The van der Waals surface area contributed by atoms with Crippen LogP contribution in [0.3, 0.4) is 0 Å². The van der Waals surface area contributed by atoms with Crippen LogP contribution in [0.1, 0.15) is 24.1 Å². The minimum atomic E-state index is -2.91. The lowest BCUT2D eigenvalue weighted by Gasteiger charge is -2.24. The minimum Gasteiger partial charge on any atom is -0.496 e. The summed E-state index contributed by atoms with van der Waals surface area (Å²) in [5, 5.41) is 3.26. The fourth-order valence-corrected chi connectivity index (χ4v) is 3.70. The molecular weight excluding hydrogens is 250 g/mol. The summed E-state index contributed by atoms with van der Waals surface area (Å²) in [4.78, 5) is 0. The van der Waals surface area contributed by atoms with Gasteiger partial charge < -0.3 is 10.1 Å². The highest BCUT2D eigenvalue weighted by Crippen LogP contribution is 2.25. The zero-order valence-electron chi connectivity index (χ0n) is 10.8. The molecule has 1 fully saturated rings. The molecule has 1 aromatic carbocycles. The highest BCUT2D eigenvalue weighted by Gasteiger charge is 2.25. The van der Waals surface area contributed by atoms with Gasteiger partial charge in [-0.1, -0.05) is 19.1 Å². The van der Waals surface area contributed by atoms with E-state index in [0.29, 0.717) is 6.54 Å². The first-order chi connectivity index (χ1) is 8.55. The molecule has 0 radical (unpaired) electrons. The predicted molar refractivity (Wildman–Crippen MR) is 71.8 cm³/mol. The van der Waals surface area contributed by atoms with Gasteiger partial charge in [-0.05, 0) is 23.6 Å². The molecule has 0 bridgehead atoms. The van der Waals surface area contributed by atoms with Crippen molar-refractivity contribution in [1.29, 1.82) is 0 Å². The minimum absolute atomic E-state index is 0.0973. The van der Waals surface area contributed by atoms with E-state index >= 15 is 0 Å². The Balaban J connectivity index is 2.28. The maximum absolute atomic E-state index is 11.6. The number of nitrogens with one attached hydrogen (secondary N) is 1. The van der Waals surface area contributed by atoms with Gasteiger partial charge in [0, 0.05) is 12.6 Å². The van der Waals surface area contributed by atoms with Crippen molar-refractivity contribution in [2.75, 3.05) is 25.2 Å². The summed E-state index contributed by atoms with van der Waals surface area (Å²) in [5.74, 6) is 1.28. The molecular formula is C13H19NO3S. The van der Waals surface area contributed by atoms with Crippen LogP contribution in [-0.4, -0.2) is 33.6 Å². The van der Waals surface area contributed by atoms with Crippen molar-refractivity contribution in [3.8, 4) is 5.75 Å². The Morgan fingerprint density at radius 3 is 2.83 bits per heavy atom. The van der Waals surface area contributed by atoms with Crippen LogP contribution in [0.5, 0.6) is 5.75 Å². The Morgan fingerprint density at radius 1 is 1.44 bits per heavy atom. The largest absolute Gasteiger partial charge is 0.496 e. The summed E-state index contributed by atoms with van der Waals surface area (Å²) in [5.41, 5.74) is 2.13. The quantitative estimate of drug-likeness (QED) is 0.899. The van der Waals surface area contributed by atoms with Gasteiger partial charge in [0.1, 0.15) is 5.75 Å². The average molecular weight is 269 g/mol. The Bertz CT molecular complexity index is 525. The van der Waals surface area contributed by atoms with Crippen molar-refractivity contribution in [1.82, 2.24) is 5.32 Å². The van der Waals surface area contributed by atoms with Crippen molar-refractivity contribution >= 4 is 9.84 Å². The van der Waals surface area contributed by atoms with Gasteiger partial charge >= 0.3 is 0 Å². The number of sulfone groups is 1. The fourth-order valence-electron chi connectivity index (χ4n) is 2.29. The van der Waals surface area contributed by atoms with Crippen molar-refractivity contribution in [2.24, 2.45) is 0 Å². The summed E-state index contributed by atoms with van der Waals surface area (Å²) in [6, 6.07) is 5.80. The van der Waals surface area contributed by atoms with Crippen LogP contribution >= 0.6 is 0 Å². The first-order valence-corrected chi connectivity index (χ1v) is 7.98.